The van der Waals surface area contributed by atoms with Crippen LogP contribution in [-0.2, 0) is 0 Å². The highest BCUT2D eigenvalue weighted by Gasteiger charge is 2.22. The van der Waals surface area contributed by atoms with E-state index < -0.39 is 0 Å². The maximum atomic E-state index is 5.75. The summed E-state index contributed by atoms with van der Waals surface area (Å²) in [6.45, 7) is 2.44. The summed E-state index contributed by atoms with van der Waals surface area (Å²) in [7, 11) is 2.00. The molecule has 19 heavy (non-hydrogen) atoms. The van der Waals surface area contributed by atoms with Gasteiger partial charge in [-0.15, -0.1) is 0 Å². The van der Waals surface area contributed by atoms with Crippen molar-refractivity contribution < 1.29 is 9.47 Å². The van der Waals surface area contributed by atoms with E-state index in [2.05, 4.69) is 22.8 Å². The Bertz CT molecular complexity index is 432. The van der Waals surface area contributed by atoms with Crippen LogP contribution >= 0.6 is 0 Å². The van der Waals surface area contributed by atoms with Crippen LogP contribution in [0.2, 0.25) is 0 Å². The van der Waals surface area contributed by atoms with E-state index in [-0.39, 0.29) is 0 Å². The second-order valence-corrected chi connectivity index (χ2v) is 5.28. The van der Waals surface area contributed by atoms with Crippen molar-refractivity contribution in [1.82, 2.24) is 10.6 Å². The topological polar surface area (TPSA) is 42.5 Å². The number of ether oxygens (including phenoxy) is 2. The Hall–Kier alpha value is -1.26. The van der Waals surface area contributed by atoms with Gasteiger partial charge < -0.3 is 20.1 Å². The molecule has 2 N–H and O–H groups in total. The first-order chi connectivity index (χ1) is 9.36. The Balaban J connectivity index is 1.72. The van der Waals surface area contributed by atoms with Crippen LogP contribution in [-0.4, -0.2) is 32.8 Å². The molecule has 1 unspecified atom stereocenters. The van der Waals surface area contributed by atoms with E-state index >= 15 is 0 Å². The SMILES string of the molecule is CNC(CNC1CC1)c1ccc2c(c1)OCCCO2. The van der Waals surface area contributed by atoms with Gasteiger partial charge >= 0.3 is 0 Å². The first-order valence-corrected chi connectivity index (χ1v) is 7.17. The maximum Gasteiger partial charge on any atom is 0.161 e. The molecule has 1 saturated carbocycles. The predicted octanol–water partition coefficient (Wildman–Crippen LogP) is 1.86. The van der Waals surface area contributed by atoms with E-state index in [0.717, 1.165) is 43.7 Å². The number of nitrogens with one attached hydrogen (secondary N) is 2. The fraction of sp³-hybridized carbons (Fsp3) is 0.600. The van der Waals surface area contributed by atoms with Gasteiger partial charge in [0.25, 0.3) is 0 Å². The molecule has 1 heterocycles. The first kappa shape index (κ1) is 12.8. The van der Waals surface area contributed by atoms with E-state index in [9.17, 15) is 0 Å². The van der Waals surface area contributed by atoms with Crippen LogP contribution in [0.5, 0.6) is 11.5 Å². The van der Waals surface area contributed by atoms with E-state index in [0.29, 0.717) is 6.04 Å². The van der Waals surface area contributed by atoms with Gasteiger partial charge in [0, 0.05) is 25.0 Å². The third-order valence-corrected chi connectivity index (χ3v) is 3.71. The maximum absolute atomic E-state index is 5.75. The minimum atomic E-state index is 0.317. The van der Waals surface area contributed by atoms with E-state index in [1.807, 2.05) is 13.1 Å². The summed E-state index contributed by atoms with van der Waals surface area (Å²) in [4.78, 5) is 0. The lowest BCUT2D eigenvalue weighted by Gasteiger charge is -2.19. The number of fused-ring (bicyclic) bond motifs is 1. The molecule has 4 heteroatoms. The van der Waals surface area contributed by atoms with Crippen molar-refractivity contribution in [2.45, 2.75) is 31.3 Å². The van der Waals surface area contributed by atoms with Gasteiger partial charge in [-0.2, -0.15) is 0 Å². The van der Waals surface area contributed by atoms with E-state index in [1.54, 1.807) is 0 Å². The summed E-state index contributed by atoms with van der Waals surface area (Å²) in [5.74, 6) is 1.74. The summed E-state index contributed by atoms with van der Waals surface area (Å²) >= 11 is 0. The molecule has 1 aliphatic carbocycles. The minimum absolute atomic E-state index is 0.317. The van der Waals surface area contributed by atoms with E-state index in [4.69, 9.17) is 9.47 Å². The van der Waals surface area contributed by atoms with Gasteiger partial charge in [0.2, 0.25) is 0 Å². The summed E-state index contributed by atoms with van der Waals surface area (Å²) in [5, 5.41) is 6.93. The number of rotatable bonds is 5. The lowest BCUT2D eigenvalue weighted by molar-refractivity contribution is 0.297. The molecule has 0 bridgehead atoms. The lowest BCUT2D eigenvalue weighted by atomic mass is 10.1. The lowest BCUT2D eigenvalue weighted by Crippen LogP contribution is -2.30. The highest BCUT2D eigenvalue weighted by molar-refractivity contribution is 5.44. The van der Waals surface area contributed by atoms with Gasteiger partial charge in [-0.25, -0.2) is 0 Å². The number of benzene rings is 1. The van der Waals surface area contributed by atoms with Gasteiger partial charge in [-0.05, 0) is 37.6 Å². The number of hydrogen-bond donors (Lipinski definition) is 2. The minimum Gasteiger partial charge on any atom is -0.490 e. The molecule has 4 nitrogen and oxygen atoms in total. The van der Waals surface area contributed by atoms with Gasteiger partial charge in [0.05, 0.1) is 13.2 Å². The van der Waals surface area contributed by atoms with E-state index in [1.165, 1.54) is 18.4 Å². The second kappa shape index (κ2) is 5.80. The predicted molar refractivity (Wildman–Crippen MR) is 74.9 cm³/mol. The normalized spacial score (nSPS) is 19.8. The van der Waals surface area contributed by atoms with Crippen LogP contribution in [0.25, 0.3) is 0 Å². The molecule has 1 aromatic carbocycles. The largest absolute Gasteiger partial charge is 0.490 e. The molecule has 0 radical (unpaired) electrons. The number of hydrogen-bond acceptors (Lipinski definition) is 4. The Morgan fingerprint density at radius 2 is 2.00 bits per heavy atom. The molecule has 1 fully saturated rings. The van der Waals surface area contributed by atoms with Crippen molar-refractivity contribution in [3.63, 3.8) is 0 Å². The van der Waals surface area contributed by atoms with Crippen molar-refractivity contribution in [2.75, 3.05) is 26.8 Å². The molecule has 1 aliphatic heterocycles. The van der Waals surface area contributed by atoms with Crippen LogP contribution in [0.3, 0.4) is 0 Å². The third-order valence-electron chi connectivity index (χ3n) is 3.71. The molecular formula is C15H22N2O2. The standard InChI is InChI=1S/C15H22N2O2/c1-16-13(10-17-12-4-5-12)11-3-6-14-15(9-11)19-8-2-7-18-14/h3,6,9,12-13,16-17H,2,4-5,7-8,10H2,1H3. The Morgan fingerprint density at radius 1 is 1.21 bits per heavy atom. The molecular weight excluding hydrogens is 240 g/mol. The van der Waals surface area contributed by atoms with Crippen molar-refractivity contribution >= 4 is 0 Å². The van der Waals surface area contributed by atoms with Crippen LogP contribution < -0.4 is 20.1 Å². The molecule has 0 saturated heterocycles. The van der Waals surface area contributed by atoms with Crippen molar-refractivity contribution in [1.29, 1.82) is 0 Å². The summed E-state index contributed by atoms with van der Waals surface area (Å²) < 4.78 is 11.4. The smallest absolute Gasteiger partial charge is 0.161 e. The average Bonchev–Trinajstić information content (AvgIpc) is 3.25. The molecule has 0 spiro atoms. The molecule has 0 aromatic heterocycles. The highest BCUT2D eigenvalue weighted by Crippen LogP contribution is 2.32. The van der Waals surface area contributed by atoms with Gasteiger partial charge in [0.1, 0.15) is 0 Å². The zero-order valence-electron chi connectivity index (χ0n) is 11.4. The van der Waals surface area contributed by atoms with Crippen molar-refractivity contribution in [2.24, 2.45) is 0 Å². The second-order valence-electron chi connectivity index (χ2n) is 5.28. The average molecular weight is 262 g/mol. The monoisotopic (exact) mass is 262 g/mol. The van der Waals surface area contributed by atoms with Crippen molar-refractivity contribution in [3.8, 4) is 11.5 Å². The van der Waals surface area contributed by atoms with Gasteiger partial charge in [-0.1, -0.05) is 6.07 Å². The van der Waals surface area contributed by atoms with Crippen LogP contribution in [0.15, 0.2) is 18.2 Å². The molecule has 104 valence electrons. The molecule has 1 aromatic rings. The van der Waals surface area contributed by atoms with Crippen molar-refractivity contribution in [3.05, 3.63) is 23.8 Å². The molecule has 3 rings (SSSR count). The van der Waals surface area contributed by atoms with Crippen LogP contribution in [0.4, 0.5) is 0 Å². The van der Waals surface area contributed by atoms with Gasteiger partial charge in [-0.3, -0.25) is 0 Å². The zero-order valence-corrected chi connectivity index (χ0v) is 11.4. The quantitative estimate of drug-likeness (QED) is 0.850. The Morgan fingerprint density at radius 3 is 2.74 bits per heavy atom. The Kier molecular flexibility index (Phi) is 3.89. The molecule has 1 atom stereocenters. The Labute approximate surface area is 114 Å². The third kappa shape index (κ3) is 3.19. The fourth-order valence-electron chi connectivity index (χ4n) is 2.36. The summed E-state index contributed by atoms with van der Waals surface area (Å²) in [6.07, 6.45) is 3.58. The fourth-order valence-corrected chi connectivity index (χ4v) is 2.36. The number of likely N-dealkylation sites (N-methyl/N-ethyl adjacent to an activating group) is 1. The zero-order chi connectivity index (χ0) is 13.1. The summed E-state index contributed by atoms with van der Waals surface area (Å²) in [5.41, 5.74) is 1.25. The molecule has 0 amide bonds. The van der Waals surface area contributed by atoms with Crippen LogP contribution in [0, 0.1) is 0 Å². The summed E-state index contributed by atoms with van der Waals surface area (Å²) in [6, 6.07) is 7.31. The molecule has 2 aliphatic rings. The highest BCUT2D eigenvalue weighted by atomic mass is 16.5. The first-order valence-electron chi connectivity index (χ1n) is 7.17. The van der Waals surface area contributed by atoms with Gasteiger partial charge in [0.15, 0.2) is 11.5 Å². The van der Waals surface area contributed by atoms with Crippen LogP contribution in [0.1, 0.15) is 30.9 Å².